The maximum absolute atomic E-state index is 9.01. The molecule has 0 bridgehead atoms. The van der Waals surface area contributed by atoms with Gasteiger partial charge >= 0.3 is 0 Å². The molecule has 1 aliphatic heterocycles. The van der Waals surface area contributed by atoms with E-state index in [-0.39, 0.29) is 37.6 Å². The van der Waals surface area contributed by atoms with Crippen molar-refractivity contribution in [3.05, 3.63) is 33.8 Å². The molecule has 148 valence electrons. The van der Waals surface area contributed by atoms with Crippen molar-refractivity contribution in [1.29, 1.82) is 0 Å². The van der Waals surface area contributed by atoms with E-state index < -0.39 is 6.10 Å². The molecule has 1 aromatic carbocycles. The minimum Gasteiger partial charge on any atom is -0.394 e. The zero-order chi connectivity index (χ0) is 20.0. The summed E-state index contributed by atoms with van der Waals surface area (Å²) in [6.07, 6.45) is -0.607. The van der Waals surface area contributed by atoms with Gasteiger partial charge in [0.05, 0.1) is 42.5 Å². The van der Waals surface area contributed by atoms with Crippen LogP contribution < -0.4 is 5.73 Å². The monoisotopic (exact) mass is 414 g/mol. The van der Waals surface area contributed by atoms with E-state index in [2.05, 4.69) is 15.0 Å². The van der Waals surface area contributed by atoms with Crippen LogP contribution in [0.3, 0.4) is 0 Å². The van der Waals surface area contributed by atoms with Crippen LogP contribution in [0.2, 0.25) is 10.0 Å². The third-order valence-corrected chi connectivity index (χ3v) is 5.09. The van der Waals surface area contributed by atoms with Gasteiger partial charge in [0.25, 0.3) is 0 Å². The van der Waals surface area contributed by atoms with Gasteiger partial charge in [-0.3, -0.25) is 9.98 Å². The van der Waals surface area contributed by atoms with Crippen LogP contribution in [0, 0.1) is 5.92 Å². The van der Waals surface area contributed by atoms with E-state index in [9.17, 15) is 0 Å². The smallest absolute Gasteiger partial charge is 0.151 e. The van der Waals surface area contributed by atoms with E-state index in [1.807, 2.05) is 13.8 Å². The second-order valence-electron chi connectivity index (χ2n) is 6.20. The predicted octanol–water partition coefficient (Wildman–Crippen LogP) is 1.95. The van der Waals surface area contributed by atoms with E-state index in [0.29, 0.717) is 33.7 Å². The first-order valence-corrected chi connectivity index (χ1v) is 9.39. The Morgan fingerprint density at radius 2 is 1.96 bits per heavy atom. The zero-order valence-electron chi connectivity index (χ0n) is 15.3. The summed E-state index contributed by atoms with van der Waals surface area (Å²) in [4.78, 5) is 13.6. The summed E-state index contributed by atoms with van der Waals surface area (Å²) in [6.45, 7) is 4.01. The van der Waals surface area contributed by atoms with Crippen molar-refractivity contribution in [2.24, 2.45) is 26.6 Å². The molecule has 27 heavy (non-hydrogen) atoms. The number of aliphatic hydroxyl groups is 2. The number of aliphatic hydroxyl groups excluding tert-OH is 2. The number of benzene rings is 1. The molecule has 0 saturated carbocycles. The van der Waals surface area contributed by atoms with Gasteiger partial charge in [-0.15, -0.1) is 0 Å². The highest BCUT2D eigenvalue weighted by Gasteiger charge is 2.25. The first kappa shape index (κ1) is 21.8. The van der Waals surface area contributed by atoms with Crippen molar-refractivity contribution < 1.29 is 14.9 Å². The number of aliphatic imine (C=N–C) groups is 3. The van der Waals surface area contributed by atoms with Gasteiger partial charge in [-0.1, -0.05) is 42.3 Å². The summed E-state index contributed by atoms with van der Waals surface area (Å²) >= 11 is 12.4. The molecule has 0 aliphatic carbocycles. The molecule has 2 rings (SSSR count). The molecule has 0 fully saturated rings. The Kier molecular flexibility index (Phi) is 8.19. The van der Waals surface area contributed by atoms with Crippen LogP contribution in [0.5, 0.6) is 0 Å². The van der Waals surface area contributed by atoms with Crippen LogP contribution in [0.25, 0.3) is 0 Å². The van der Waals surface area contributed by atoms with Crippen LogP contribution in [0.1, 0.15) is 19.4 Å². The Bertz CT molecular complexity index is 748. The molecule has 0 saturated heterocycles. The summed E-state index contributed by atoms with van der Waals surface area (Å²) in [5.41, 5.74) is 7.30. The molecule has 1 aliphatic rings. The number of hydrogen-bond donors (Lipinski definition) is 3. The Morgan fingerprint density at radius 1 is 1.26 bits per heavy atom. The van der Waals surface area contributed by atoms with Crippen molar-refractivity contribution in [3.63, 3.8) is 0 Å². The van der Waals surface area contributed by atoms with E-state index >= 15 is 0 Å². The average molecular weight is 415 g/mol. The SMILES string of the molecule is CC1N=C(c2cccc(Cl)c2Cl)C(N)=NC(=NCCOC(CO)CO)C1C. The summed E-state index contributed by atoms with van der Waals surface area (Å²) in [7, 11) is 0. The molecular formula is C18H24Cl2N4O3. The third-order valence-electron chi connectivity index (χ3n) is 4.27. The number of nitrogens with zero attached hydrogens (tertiary/aromatic N) is 3. The van der Waals surface area contributed by atoms with Crippen LogP contribution in [-0.4, -0.2) is 66.1 Å². The first-order chi connectivity index (χ1) is 12.9. The van der Waals surface area contributed by atoms with Crippen LogP contribution >= 0.6 is 23.2 Å². The third kappa shape index (κ3) is 5.49. The standard InChI is InChI=1S/C18H24Cl2N4O3/c1-10-11(2)23-16(13-4-3-5-14(19)15(13)20)17(21)24-18(10)22-6-7-27-12(8-25)9-26/h3-5,10-12,25-26H,6-9H2,1-2H3,(H2,21,22,24). The highest BCUT2D eigenvalue weighted by atomic mass is 35.5. The lowest BCUT2D eigenvalue weighted by Gasteiger charge is -2.15. The summed E-state index contributed by atoms with van der Waals surface area (Å²) in [5, 5.41) is 18.8. The quantitative estimate of drug-likeness (QED) is 0.591. The Labute approximate surface area is 168 Å². The maximum atomic E-state index is 9.01. The van der Waals surface area contributed by atoms with Gasteiger partial charge in [0.2, 0.25) is 0 Å². The fraction of sp³-hybridized carbons (Fsp3) is 0.500. The van der Waals surface area contributed by atoms with Gasteiger partial charge in [-0.25, -0.2) is 4.99 Å². The average Bonchev–Trinajstić information content (AvgIpc) is 2.76. The molecule has 4 N–H and O–H groups in total. The molecule has 0 radical (unpaired) electrons. The van der Waals surface area contributed by atoms with Crippen molar-refractivity contribution in [1.82, 2.24) is 0 Å². The lowest BCUT2D eigenvalue weighted by molar-refractivity contribution is -0.0160. The number of hydrogen-bond acceptors (Lipinski definition) is 6. The second kappa shape index (κ2) is 10.1. The van der Waals surface area contributed by atoms with Crippen molar-refractivity contribution >= 4 is 40.6 Å². The minimum atomic E-state index is -0.607. The first-order valence-electron chi connectivity index (χ1n) is 8.63. The maximum Gasteiger partial charge on any atom is 0.151 e. The summed E-state index contributed by atoms with van der Waals surface area (Å²) in [6, 6.07) is 5.15. The molecule has 9 heteroatoms. The normalized spacial score (nSPS) is 22.0. The molecule has 0 aromatic heterocycles. The topological polar surface area (TPSA) is 113 Å². The zero-order valence-corrected chi connectivity index (χ0v) is 16.8. The molecule has 1 aromatic rings. The van der Waals surface area contributed by atoms with Gasteiger partial charge in [-0.05, 0) is 13.0 Å². The fourth-order valence-electron chi connectivity index (χ4n) is 2.49. The second-order valence-corrected chi connectivity index (χ2v) is 6.99. The van der Waals surface area contributed by atoms with Gasteiger partial charge in [0.15, 0.2) is 5.84 Å². The van der Waals surface area contributed by atoms with Gasteiger partial charge in [0, 0.05) is 11.5 Å². The predicted molar refractivity (Wildman–Crippen MR) is 109 cm³/mol. The number of nitrogens with two attached hydrogens (primary N) is 1. The van der Waals surface area contributed by atoms with E-state index in [1.54, 1.807) is 18.2 Å². The molecule has 1 heterocycles. The highest BCUT2D eigenvalue weighted by molar-refractivity contribution is 6.53. The van der Waals surface area contributed by atoms with Crippen LogP contribution in [0.15, 0.2) is 33.2 Å². The number of amidine groups is 2. The number of rotatable bonds is 7. The lowest BCUT2D eigenvalue weighted by Crippen LogP contribution is -2.26. The summed E-state index contributed by atoms with van der Waals surface area (Å²) in [5.74, 6) is 0.717. The lowest BCUT2D eigenvalue weighted by atomic mass is 10.0. The Hall–Kier alpha value is -1.51. The molecule has 2 unspecified atom stereocenters. The number of ether oxygens (including phenoxy) is 1. The highest BCUT2D eigenvalue weighted by Crippen LogP contribution is 2.27. The fourth-order valence-corrected chi connectivity index (χ4v) is 2.88. The van der Waals surface area contributed by atoms with Crippen LogP contribution in [0.4, 0.5) is 0 Å². The van der Waals surface area contributed by atoms with E-state index in [0.717, 1.165) is 0 Å². The summed E-state index contributed by atoms with van der Waals surface area (Å²) < 4.78 is 5.32. The molecule has 0 spiro atoms. The van der Waals surface area contributed by atoms with Crippen LogP contribution in [-0.2, 0) is 4.74 Å². The van der Waals surface area contributed by atoms with Gasteiger partial charge in [0.1, 0.15) is 17.7 Å². The Balaban J connectivity index is 2.23. The largest absolute Gasteiger partial charge is 0.394 e. The van der Waals surface area contributed by atoms with Crippen molar-refractivity contribution in [2.45, 2.75) is 26.0 Å². The van der Waals surface area contributed by atoms with Gasteiger partial charge in [-0.2, -0.15) is 0 Å². The molecular weight excluding hydrogens is 391 g/mol. The number of halogens is 2. The van der Waals surface area contributed by atoms with Crippen molar-refractivity contribution in [2.75, 3.05) is 26.4 Å². The molecule has 2 atom stereocenters. The van der Waals surface area contributed by atoms with Crippen molar-refractivity contribution in [3.8, 4) is 0 Å². The van der Waals surface area contributed by atoms with E-state index in [4.69, 9.17) is 43.9 Å². The minimum absolute atomic E-state index is 0.0644. The Morgan fingerprint density at radius 3 is 2.63 bits per heavy atom. The van der Waals surface area contributed by atoms with E-state index in [1.165, 1.54) is 0 Å². The van der Waals surface area contributed by atoms with Gasteiger partial charge < -0.3 is 20.7 Å². The molecule has 0 amide bonds. The molecule has 7 nitrogen and oxygen atoms in total.